The summed E-state index contributed by atoms with van der Waals surface area (Å²) in [6.07, 6.45) is 2.38. The van der Waals surface area contributed by atoms with Crippen LogP contribution >= 0.6 is 0 Å². The van der Waals surface area contributed by atoms with Crippen LogP contribution in [0.15, 0.2) is 18.2 Å². The highest BCUT2D eigenvalue weighted by Crippen LogP contribution is 2.25. The molecule has 2 rings (SSSR count). The molecule has 0 amide bonds. The monoisotopic (exact) mass is 233 g/mol. The number of aryl methyl sites for hydroxylation is 1. The molecule has 1 heterocycles. The maximum atomic E-state index is 11.1. The van der Waals surface area contributed by atoms with E-state index in [1.807, 2.05) is 19.1 Å². The van der Waals surface area contributed by atoms with Gasteiger partial charge < -0.3 is 10.0 Å². The summed E-state index contributed by atoms with van der Waals surface area (Å²) < 4.78 is 0. The second-order valence-electron chi connectivity index (χ2n) is 4.97. The van der Waals surface area contributed by atoms with E-state index in [1.165, 1.54) is 12.8 Å². The van der Waals surface area contributed by atoms with Gasteiger partial charge in [-0.1, -0.05) is 13.0 Å². The Morgan fingerprint density at radius 3 is 2.59 bits per heavy atom. The number of carboxylic acid groups (broad SMARTS) is 1. The maximum Gasteiger partial charge on any atom is 0.336 e. The van der Waals surface area contributed by atoms with Crippen LogP contribution in [-0.4, -0.2) is 24.2 Å². The second-order valence-corrected chi connectivity index (χ2v) is 4.97. The summed E-state index contributed by atoms with van der Waals surface area (Å²) in [7, 11) is 0. The Morgan fingerprint density at radius 2 is 2.00 bits per heavy atom. The third-order valence-electron chi connectivity index (χ3n) is 3.60. The van der Waals surface area contributed by atoms with E-state index in [2.05, 4.69) is 11.8 Å². The van der Waals surface area contributed by atoms with Crippen molar-refractivity contribution in [3.63, 3.8) is 0 Å². The number of anilines is 1. The number of piperidine rings is 1. The van der Waals surface area contributed by atoms with E-state index in [4.69, 9.17) is 5.11 Å². The molecule has 1 N–H and O–H groups in total. The van der Waals surface area contributed by atoms with Crippen LogP contribution in [0.2, 0.25) is 0 Å². The van der Waals surface area contributed by atoms with Gasteiger partial charge in [0.25, 0.3) is 0 Å². The number of carboxylic acids is 1. The lowest BCUT2D eigenvalue weighted by atomic mass is 9.98. The molecule has 17 heavy (non-hydrogen) atoms. The molecule has 1 aromatic rings. The minimum atomic E-state index is -0.838. The van der Waals surface area contributed by atoms with Crippen LogP contribution in [0.25, 0.3) is 0 Å². The first-order valence-corrected chi connectivity index (χ1v) is 6.17. The van der Waals surface area contributed by atoms with E-state index >= 15 is 0 Å². The lowest BCUT2D eigenvalue weighted by Crippen LogP contribution is -2.32. The maximum absolute atomic E-state index is 11.1. The Labute approximate surface area is 102 Å². The van der Waals surface area contributed by atoms with Crippen molar-refractivity contribution in [1.29, 1.82) is 0 Å². The van der Waals surface area contributed by atoms with Gasteiger partial charge in [0.1, 0.15) is 0 Å². The Hall–Kier alpha value is -1.51. The number of rotatable bonds is 2. The Morgan fingerprint density at radius 1 is 1.35 bits per heavy atom. The Bertz CT molecular complexity index is 420. The molecular weight excluding hydrogens is 214 g/mol. The Balaban J connectivity index is 2.21. The highest BCUT2D eigenvalue weighted by atomic mass is 16.4. The lowest BCUT2D eigenvalue weighted by molar-refractivity contribution is 0.0696. The topological polar surface area (TPSA) is 40.5 Å². The second kappa shape index (κ2) is 4.78. The van der Waals surface area contributed by atoms with Gasteiger partial charge in [-0.15, -0.1) is 0 Å². The fourth-order valence-electron chi connectivity index (χ4n) is 2.30. The highest BCUT2D eigenvalue weighted by molar-refractivity contribution is 5.90. The van der Waals surface area contributed by atoms with Crippen molar-refractivity contribution in [2.24, 2.45) is 5.92 Å². The van der Waals surface area contributed by atoms with Gasteiger partial charge in [-0.2, -0.15) is 0 Å². The molecule has 0 bridgehead atoms. The minimum Gasteiger partial charge on any atom is -0.478 e. The molecule has 92 valence electrons. The molecule has 1 aliphatic heterocycles. The fraction of sp³-hybridized carbons (Fsp3) is 0.500. The first kappa shape index (κ1) is 12.0. The van der Waals surface area contributed by atoms with E-state index < -0.39 is 5.97 Å². The van der Waals surface area contributed by atoms with Gasteiger partial charge in [-0.3, -0.25) is 0 Å². The zero-order chi connectivity index (χ0) is 12.4. The zero-order valence-electron chi connectivity index (χ0n) is 10.4. The van der Waals surface area contributed by atoms with Crippen LogP contribution in [0.4, 0.5) is 5.69 Å². The van der Waals surface area contributed by atoms with E-state index in [1.54, 1.807) is 6.07 Å². The summed E-state index contributed by atoms with van der Waals surface area (Å²) >= 11 is 0. The lowest BCUT2D eigenvalue weighted by Gasteiger charge is -2.32. The van der Waals surface area contributed by atoms with Crippen LogP contribution in [0.3, 0.4) is 0 Å². The zero-order valence-corrected chi connectivity index (χ0v) is 10.4. The SMILES string of the molecule is Cc1ccc(N2CCC(C)CC2)cc1C(=O)O. The van der Waals surface area contributed by atoms with Gasteiger partial charge in [0, 0.05) is 18.8 Å². The summed E-state index contributed by atoms with van der Waals surface area (Å²) in [4.78, 5) is 13.4. The first-order valence-electron chi connectivity index (χ1n) is 6.17. The van der Waals surface area contributed by atoms with Gasteiger partial charge in [0.2, 0.25) is 0 Å². The molecule has 0 unspecified atom stereocenters. The van der Waals surface area contributed by atoms with E-state index in [9.17, 15) is 4.79 Å². The number of aromatic carboxylic acids is 1. The molecule has 0 aliphatic carbocycles. The number of carbonyl (C=O) groups is 1. The van der Waals surface area contributed by atoms with E-state index in [0.717, 1.165) is 30.3 Å². The van der Waals surface area contributed by atoms with Gasteiger partial charge in [0.05, 0.1) is 5.56 Å². The number of benzene rings is 1. The van der Waals surface area contributed by atoms with Crippen molar-refractivity contribution in [3.05, 3.63) is 29.3 Å². The summed E-state index contributed by atoms with van der Waals surface area (Å²) in [6.45, 7) is 6.17. The average Bonchev–Trinajstić information content (AvgIpc) is 2.30. The standard InChI is InChI=1S/C14H19NO2/c1-10-5-7-15(8-6-10)12-4-3-11(2)13(9-12)14(16)17/h3-4,9-10H,5-8H2,1-2H3,(H,16,17). The third kappa shape index (κ3) is 2.60. The molecule has 0 spiro atoms. The van der Waals surface area contributed by atoms with E-state index in [0.29, 0.717) is 5.56 Å². The van der Waals surface area contributed by atoms with E-state index in [-0.39, 0.29) is 0 Å². The summed E-state index contributed by atoms with van der Waals surface area (Å²) in [5, 5.41) is 9.11. The Kier molecular flexibility index (Phi) is 3.36. The highest BCUT2D eigenvalue weighted by Gasteiger charge is 2.17. The molecule has 0 atom stereocenters. The summed E-state index contributed by atoms with van der Waals surface area (Å²) in [5.41, 5.74) is 2.28. The normalized spacial score (nSPS) is 17.2. The van der Waals surface area contributed by atoms with Gasteiger partial charge >= 0.3 is 5.97 Å². The van der Waals surface area contributed by atoms with Crippen LogP contribution in [0.5, 0.6) is 0 Å². The van der Waals surface area contributed by atoms with Crippen molar-refractivity contribution < 1.29 is 9.90 Å². The van der Waals surface area contributed by atoms with Gasteiger partial charge in [0.15, 0.2) is 0 Å². The van der Waals surface area contributed by atoms with Crippen molar-refractivity contribution in [1.82, 2.24) is 0 Å². The molecule has 3 nitrogen and oxygen atoms in total. The van der Waals surface area contributed by atoms with Crippen LogP contribution in [0.1, 0.15) is 35.7 Å². The number of hydrogen-bond donors (Lipinski definition) is 1. The van der Waals surface area contributed by atoms with Crippen molar-refractivity contribution in [3.8, 4) is 0 Å². The molecule has 3 heteroatoms. The van der Waals surface area contributed by atoms with Crippen molar-refractivity contribution in [2.75, 3.05) is 18.0 Å². The molecule has 1 aliphatic rings. The quantitative estimate of drug-likeness (QED) is 0.853. The fourth-order valence-corrected chi connectivity index (χ4v) is 2.30. The third-order valence-corrected chi connectivity index (χ3v) is 3.60. The predicted octanol–water partition coefficient (Wildman–Crippen LogP) is 2.93. The van der Waals surface area contributed by atoms with Crippen molar-refractivity contribution >= 4 is 11.7 Å². The van der Waals surface area contributed by atoms with Crippen LogP contribution in [0, 0.1) is 12.8 Å². The molecule has 0 aromatic heterocycles. The molecule has 1 fully saturated rings. The molecule has 0 radical (unpaired) electrons. The number of nitrogens with zero attached hydrogens (tertiary/aromatic N) is 1. The average molecular weight is 233 g/mol. The van der Waals surface area contributed by atoms with Crippen LogP contribution in [-0.2, 0) is 0 Å². The van der Waals surface area contributed by atoms with Gasteiger partial charge in [-0.05, 0) is 43.4 Å². The predicted molar refractivity (Wildman–Crippen MR) is 68.7 cm³/mol. The minimum absolute atomic E-state index is 0.418. The summed E-state index contributed by atoms with van der Waals surface area (Å²) in [6, 6.07) is 5.72. The van der Waals surface area contributed by atoms with Gasteiger partial charge in [-0.25, -0.2) is 4.79 Å². The molecular formula is C14H19NO2. The smallest absolute Gasteiger partial charge is 0.336 e. The molecule has 1 saturated heterocycles. The largest absolute Gasteiger partial charge is 0.478 e. The molecule has 1 aromatic carbocycles. The van der Waals surface area contributed by atoms with Crippen molar-refractivity contribution in [2.45, 2.75) is 26.7 Å². The molecule has 0 saturated carbocycles. The number of hydrogen-bond acceptors (Lipinski definition) is 2. The van der Waals surface area contributed by atoms with Crippen LogP contribution < -0.4 is 4.90 Å². The summed E-state index contributed by atoms with van der Waals surface area (Å²) in [5.74, 6) is -0.0506. The first-order chi connectivity index (χ1) is 8.08.